The van der Waals surface area contributed by atoms with Gasteiger partial charge in [-0.3, -0.25) is 0 Å². The van der Waals surface area contributed by atoms with Gasteiger partial charge < -0.3 is 0 Å². The van der Waals surface area contributed by atoms with Crippen LogP contribution < -0.4 is 0 Å². The topological polar surface area (TPSA) is 0 Å². The first kappa shape index (κ1) is 5.67. The van der Waals surface area contributed by atoms with Gasteiger partial charge in [-0.15, -0.1) is 0 Å². The molecule has 0 bridgehead atoms. The molecule has 0 aromatic carbocycles. The van der Waals surface area contributed by atoms with Crippen LogP contribution in [-0.2, 0) is 0 Å². The number of rotatable bonds is 1. The molecular formula is C5H8F. The zero-order valence-electron chi connectivity index (χ0n) is 4.09. The summed E-state index contributed by atoms with van der Waals surface area (Å²) in [5.41, 5.74) is 0. The first-order valence-electron chi connectivity index (χ1n) is 2.00. The van der Waals surface area contributed by atoms with Crippen molar-refractivity contribution < 1.29 is 4.39 Å². The van der Waals surface area contributed by atoms with E-state index < -0.39 is 0 Å². The Morgan fingerprint density at radius 2 is 2.33 bits per heavy atom. The van der Waals surface area contributed by atoms with Gasteiger partial charge in [0.25, 0.3) is 0 Å². The van der Waals surface area contributed by atoms with E-state index in [-0.39, 0.29) is 5.83 Å². The SMILES string of the molecule is CC/[C]=C(/C)F. The Balaban J connectivity index is 3.14. The van der Waals surface area contributed by atoms with E-state index in [0.717, 1.165) is 0 Å². The monoisotopic (exact) mass is 87.1 g/mol. The second-order valence-corrected chi connectivity index (χ2v) is 1.06. The van der Waals surface area contributed by atoms with Crippen LogP contribution in [-0.4, -0.2) is 0 Å². The normalized spacial score (nSPS) is 12.2. The maximum Gasteiger partial charge on any atom is 0.100 e. The standard InChI is InChI=1S/C5H8F/c1-3-4-5(2)6/h3H2,1-2H3. The zero-order chi connectivity index (χ0) is 4.99. The first-order valence-corrected chi connectivity index (χ1v) is 2.00. The lowest BCUT2D eigenvalue weighted by atomic mass is 10.4. The molecule has 0 aromatic rings. The summed E-state index contributed by atoms with van der Waals surface area (Å²) in [6.07, 6.45) is 3.13. The molecule has 0 amide bonds. The molecule has 6 heavy (non-hydrogen) atoms. The van der Waals surface area contributed by atoms with Gasteiger partial charge in [0.2, 0.25) is 0 Å². The van der Waals surface area contributed by atoms with Gasteiger partial charge in [-0.05, 0) is 19.4 Å². The second kappa shape index (κ2) is 2.88. The summed E-state index contributed by atoms with van der Waals surface area (Å²) in [7, 11) is 0. The van der Waals surface area contributed by atoms with Crippen molar-refractivity contribution in [1.82, 2.24) is 0 Å². The fourth-order valence-electron chi connectivity index (χ4n) is 0.244. The molecule has 35 valence electrons. The Labute approximate surface area is 37.7 Å². The van der Waals surface area contributed by atoms with Crippen LogP contribution in [0.25, 0.3) is 0 Å². The van der Waals surface area contributed by atoms with Crippen molar-refractivity contribution >= 4 is 0 Å². The highest BCUT2D eigenvalue weighted by atomic mass is 19.1. The van der Waals surface area contributed by atoms with Crippen molar-refractivity contribution in [3.63, 3.8) is 0 Å². The number of halogens is 1. The van der Waals surface area contributed by atoms with Crippen molar-refractivity contribution in [2.45, 2.75) is 20.3 Å². The highest BCUT2D eigenvalue weighted by Gasteiger charge is 1.74. The molecule has 0 N–H and O–H groups in total. The molecule has 1 radical (unpaired) electrons. The van der Waals surface area contributed by atoms with Gasteiger partial charge in [0, 0.05) is 0 Å². The van der Waals surface area contributed by atoms with E-state index in [2.05, 4.69) is 6.08 Å². The van der Waals surface area contributed by atoms with Crippen LogP contribution in [0, 0.1) is 6.08 Å². The maximum atomic E-state index is 11.5. The average Bonchev–Trinajstić information content (AvgIpc) is 1.35. The Kier molecular flexibility index (Phi) is 2.73. The summed E-state index contributed by atoms with van der Waals surface area (Å²) in [4.78, 5) is 0. The molecular weight excluding hydrogens is 79.1 g/mol. The van der Waals surface area contributed by atoms with Gasteiger partial charge in [-0.2, -0.15) is 0 Å². The van der Waals surface area contributed by atoms with E-state index in [1.807, 2.05) is 6.92 Å². The van der Waals surface area contributed by atoms with Gasteiger partial charge >= 0.3 is 0 Å². The predicted molar refractivity (Wildman–Crippen MR) is 23.8 cm³/mol. The number of hydrogen-bond donors (Lipinski definition) is 0. The van der Waals surface area contributed by atoms with Crippen LogP contribution in [0.5, 0.6) is 0 Å². The molecule has 0 unspecified atom stereocenters. The second-order valence-electron chi connectivity index (χ2n) is 1.06. The largest absolute Gasteiger partial charge is 0.212 e. The van der Waals surface area contributed by atoms with E-state index in [9.17, 15) is 4.39 Å². The minimum Gasteiger partial charge on any atom is -0.212 e. The zero-order valence-corrected chi connectivity index (χ0v) is 4.09. The summed E-state index contributed by atoms with van der Waals surface area (Å²) in [5.74, 6) is -0.211. The minimum atomic E-state index is -0.211. The molecule has 0 fully saturated rings. The molecule has 0 spiro atoms. The first-order chi connectivity index (χ1) is 2.77. The molecule has 0 aliphatic carbocycles. The van der Waals surface area contributed by atoms with Gasteiger partial charge in [0.15, 0.2) is 0 Å². The third kappa shape index (κ3) is 3.67. The lowest BCUT2D eigenvalue weighted by Gasteiger charge is -1.74. The summed E-state index contributed by atoms with van der Waals surface area (Å²) in [6, 6.07) is 0. The molecule has 0 atom stereocenters. The van der Waals surface area contributed by atoms with Crippen LogP contribution in [0.2, 0.25) is 0 Å². The Morgan fingerprint density at radius 3 is 2.33 bits per heavy atom. The van der Waals surface area contributed by atoms with Gasteiger partial charge in [0.1, 0.15) is 5.83 Å². The quantitative estimate of drug-likeness (QED) is 0.459. The van der Waals surface area contributed by atoms with Crippen molar-refractivity contribution in [1.29, 1.82) is 0 Å². The fourth-order valence-corrected chi connectivity index (χ4v) is 0.244. The summed E-state index contributed by atoms with van der Waals surface area (Å²) >= 11 is 0. The van der Waals surface area contributed by atoms with Crippen molar-refractivity contribution in [2.75, 3.05) is 0 Å². The third-order valence-electron chi connectivity index (χ3n) is 0.420. The average molecular weight is 87.1 g/mol. The number of allylic oxidation sites excluding steroid dienone is 2. The molecule has 1 heteroatoms. The Bertz CT molecular complexity index is 51.0. The molecule has 0 saturated heterocycles. The number of hydrogen-bond acceptors (Lipinski definition) is 0. The minimum absolute atomic E-state index is 0.211. The molecule has 0 aliphatic rings. The van der Waals surface area contributed by atoms with Crippen LogP contribution >= 0.6 is 0 Å². The van der Waals surface area contributed by atoms with E-state index in [1.54, 1.807) is 0 Å². The molecule has 0 saturated carbocycles. The molecule has 0 rings (SSSR count). The summed E-state index contributed by atoms with van der Waals surface area (Å²) in [6.45, 7) is 3.24. The Morgan fingerprint density at radius 1 is 1.83 bits per heavy atom. The van der Waals surface area contributed by atoms with Gasteiger partial charge in [-0.25, -0.2) is 4.39 Å². The smallest absolute Gasteiger partial charge is 0.100 e. The van der Waals surface area contributed by atoms with Crippen molar-refractivity contribution in [2.24, 2.45) is 0 Å². The van der Waals surface area contributed by atoms with Crippen LogP contribution in [0.3, 0.4) is 0 Å². The fraction of sp³-hybridized carbons (Fsp3) is 0.600. The Hall–Kier alpha value is -0.330. The predicted octanol–water partition coefficient (Wildman–Crippen LogP) is 2.07. The highest BCUT2D eigenvalue weighted by molar-refractivity contribution is 4.76. The molecule has 0 aromatic heterocycles. The summed E-state index contributed by atoms with van der Waals surface area (Å²) in [5, 5.41) is 0. The lowest BCUT2D eigenvalue weighted by Crippen LogP contribution is -1.57. The third-order valence-corrected chi connectivity index (χ3v) is 0.420. The van der Waals surface area contributed by atoms with E-state index in [4.69, 9.17) is 0 Å². The van der Waals surface area contributed by atoms with Gasteiger partial charge in [0.05, 0.1) is 0 Å². The summed E-state index contributed by atoms with van der Waals surface area (Å²) < 4.78 is 11.5. The maximum absolute atomic E-state index is 11.5. The van der Waals surface area contributed by atoms with Crippen molar-refractivity contribution in [3.8, 4) is 0 Å². The van der Waals surface area contributed by atoms with E-state index >= 15 is 0 Å². The van der Waals surface area contributed by atoms with E-state index in [0.29, 0.717) is 6.42 Å². The molecule has 0 aliphatic heterocycles. The lowest BCUT2D eigenvalue weighted by molar-refractivity contribution is 0.629. The van der Waals surface area contributed by atoms with Crippen LogP contribution in [0.1, 0.15) is 20.3 Å². The van der Waals surface area contributed by atoms with Crippen LogP contribution in [0.4, 0.5) is 4.39 Å². The van der Waals surface area contributed by atoms with Crippen molar-refractivity contribution in [3.05, 3.63) is 11.9 Å². The molecule has 0 nitrogen and oxygen atoms in total. The highest BCUT2D eigenvalue weighted by Crippen LogP contribution is 1.91. The molecule has 0 heterocycles. The van der Waals surface area contributed by atoms with Gasteiger partial charge in [-0.1, -0.05) is 6.92 Å². The van der Waals surface area contributed by atoms with E-state index in [1.165, 1.54) is 6.92 Å². The van der Waals surface area contributed by atoms with Crippen LogP contribution in [0.15, 0.2) is 5.83 Å².